The Labute approximate surface area is 279 Å². The Morgan fingerprint density at radius 2 is 1.72 bits per heavy atom. The van der Waals surface area contributed by atoms with Crippen molar-refractivity contribution in [3.8, 4) is 12.3 Å². The molecule has 0 aromatic heterocycles. The average Bonchev–Trinajstić information content (AvgIpc) is 3.04. The maximum absolute atomic E-state index is 12.4. The minimum Gasteiger partial charge on any atom is -0.477 e. The van der Waals surface area contributed by atoms with E-state index in [1.807, 2.05) is 0 Å². The van der Waals surface area contributed by atoms with Gasteiger partial charge in [0.2, 0.25) is 17.7 Å². The monoisotopic (exact) mass is 683 g/mol. The Hall–Kier alpha value is -3.29. The largest absolute Gasteiger partial charge is 0.477 e. The molecule has 262 valence electrons. The van der Waals surface area contributed by atoms with Crippen LogP contribution >= 0.6 is 11.6 Å². The number of unbranched alkanes of at least 4 members (excludes halogenated alkanes) is 5. The van der Waals surface area contributed by atoms with Crippen molar-refractivity contribution in [2.45, 2.75) is 100 Å². The second-order valence-electron chi connectivity index (χ2n) is 11.4. The number of ether oxygens (including phenoxy) is 2. The molecule has 6 atom stereocenters. The molecule has 1 saturated heterocycles. The Morgan fingerprint density at radius 3 is 2.38 bits per heavy atom. The molecule has 2 rings (SSSR count). The molecule has 0 spiro atoms. The molecule has 8 N–H and O–H groups in total. The van der Waals surface area contributed by atoms with Crippen LogP contribution in [0.3, 0.4) is 0 Å². The number of aliphatic hydroxyl groups is 4. The van der Waals surface area contributed by atoms with E-state index < -0.39 is 73.6 Å². The van der Waals surface area contributed by atoms with E-state index in [-0.39, 0.29) is 18.9 Å². The van der Waals surface area contributed by atoms with Gasteiger partial charge in [-0.1, -0.05) is 36.6 Å². The number of carbonyl (C=O) groups is 4. The van der Waals surface area contributed by atoms with Gasteiger partial charge in [-0.05, 0) is 43.4 Å². The molecular formula is C32H46ClN3O11. The minimum atomic E-state index is -2.44. The molecule has 1 aliphatic rings. The molecule has 1 aromatic rings. The third kappa shape index (κ3) is 13.8. The first kappa shape index (κ1) is 39.9. The number of nitrogens with one attached hydrogen (secondary N) is 3. The number of carboxylic acids is 1. The van der Waals surface area contributed by atoms with Gasteiger partial charge < -0.3 is 51.0 Å². The number of carboxylic acid groups (broad SMARTS) is 1. The summed E-state index contributed by atoms with van der Waals surface area (Å²) in [7, 11) is 0. The van der Waals surface area contributed by atoms with E-state index in [4.69, 9.17) is 27.5 Å². The van der Waals surface area contributed by atoms with Crippen molar-refractivity contribution in [1.29, 1.82) is 0 Å². The summed E-state index contributed by atoms with van der Waals surface area (Å²) < 4.78 is 11.3. The van der Waals surface area contributed by atoms with Gasteiger partial charge in [0.25, 0.3) is 5.79 Å². The molecule has 14 nitrogen and oxygen atoms in total. The molecule has 1 aromatic carbocycles. The normalized spacial score (nSPS) is 22.0. The van der Waals surface area contributed by atoms with E-state index in [2.05, 4.69) is 21.9 Å². The summed E-state index contributed by atoms with van der Waals surface area (Å²) in [5, 5.41) is 60.0. The van der Waals surface area contributed by atoms with E-state index in [1.54, 1.807) is 24.3 Å². The third-order valence-corrected chi connectivity index (χ3v) is 7.84. The fourth-order valence-corrected chi connectivity index (χ4v) is 5.13. The number of hydrogen-bond acceptors (Lipinski definition) is 10. The highest BCUT2D eigenvalue weighted by Crippen LogP contribution is 2.34. The fourth-order valence-electron chi connectivity index (χ4n) is 5.00. The smallest absolute Gasteiger partial charge is 0.364 e. The van der Waals surface area contributed by atoms with Gasteiger partial charge in [-0.2, -0.15) is 0 Å². The minimum absolute atomic E-state index is 0.0509. The van der Waals surface area contributed by atoms with E-state index in [1.165, 1.54) is 0 Å². The second-order valence-corrected chi connectivity index (χ2v) is 11.8. The summed E-state index contributed by atoms with van der Waals surface area (Å²) in [5.74, 6) is -3.00. The van der Waals surface area contributed by atoms with Crippen LogP contribution in [0.5, 0.6) is 0 Å². The number of hydrogen-bond donors (Lipinski definition) is 8. The van der Waals surface area contributed by atoms with Gasteiger partial charge in [-0.3, -0.25) is 14.4 Å². The summed E-state index contributed by atoms with van der Waals surface area (Å²) >= 11 is 5.86. The van der Waals surface area contributed by atoms with Gasteiger partial charge in [-0.25, -0.2) is 4.79 Å². The van der Waals surface area contributed by atoms with Crippen molar-refractivity contribution in [3.05, 3.63) is 34.9 Å². The first-order valence-corrected chi connectivity index (χ1v) is 16.0. The molecule has 0 unspecified atom stereocenters. The van der Waals surface area contributed by atoms with Crippen molar-refractivity contribution in [3.63, 3.8) is 0 Å². The van der Waals surface area contributed by atoms with Crippen molar-refractivity contribution in [1.82, 2.24) is 16.0 Å². The maximum Gasteiger partial charge on any atom is 0.364 e. The summed E-state index contributed by atoms with van der Waals surface area (Å²) in [6, 6.07) is 5.08. The van der Waals surface area contributed by atoms with E-state index >= 15 is 0 Å². The SMILES string of the molecule is C#CCCCCNC(=O)CCCCCCO[C@]1(C(=O)O)C[C@H](O)[C@@H](NC(=O)CO)[C@H]([C@H](O)[C@H](O)CNC(=O)Cc2ccc(Cl)cc2)O1. The highest BCUT2D eigenvalue weighted by atomic mass is 35.5. The lowest BCUT2D eigenvalue weighted by Crippen LogP contribution is -2.68. The highest BCUT2D eigenvalue weighted by molar-refractivity contribution is 6.30. The molecule has 47 heavy (non-hydrogen) atoms. The van der Waals surface area contributed by atoms with E-state index in [0.29, 0.717) is 55.7 Å². The first-order valence-electron chi connectivity index (χ1n) is 15.6. The number of terminal acetylenes is 1. The Morgan fingerprint density at radius 1 is 1.02 bits per heavy atom. The van der Waals surface area contributed by atoms with Crippen molar-refractivity contribution in [2.24, 2.45) is 0 Å². The lowest BCUT2D eigenvalue weighted by Gasteiger charge is -2.46. The zero-order valence-electron chi connectivity index (χ0n) is 26.2. The molecule has 0 aliphatic carbocycles. The zero-order valence-corrected chi connectivity index (χ0v) is 27.0. The molecule has 3 amide bonds. The van der Waals surface area contributed by atoms with Crippen LogP contribution in [0.15, 0.2) is 24.3 Å². The van der Waals surface area contributed by atoms with Crippen molar-refractivity contribution < 1.29 is 54.2 Å². The van der Waals surface area contributed by atoms with Crippen LogP contribution in [-0.4, -0.2) is 112 Å². The van der Waals surface area contributed by atoms with Gasteiger partial charge in [-0.15, -0.1) is 12.3 Å². The number of benzene rings is 1. The van der Waals surface area contributed by atoms with Gasteiger partial charge in [0, 0.05) is 37.4 Å². The number of aliphatic hydroxyl groups excluding tert-OH is 4. The van der Waals surface area contributed by atoms with Gasteiger partial charge in [0.1, 0.15) is 18.8 Å². The second kappa shape index (κ2) is 20.8. The van der Waals surface area contributed by atoms with Crippen LogP contribution < -0.4 is 16.0 Å². The quantitative estimate of drug-likeness (QED) is 0.0637. The van der Waals surface area contributed by atoms with E-state index in [9.17, 15) is 44.7 Å². The van der Waals surface area contributed by atoms with Crippen LogP contribution in [0.2, 0.25) is 5.02 Å². The number of amides is 3. The molecule has 0 bridgehead atoms. The molecule has 1 aliphatic heterocycles. The first-order chi connectivity index (χ1) is 22.4. The van der Waals surface area contributed by atoms with Gasteiger partial charge in [0.15, 0.2) is 0 Å². The van der Waals surface area contributed by atoms with Crippen LogP contribution in [0, 0.1) is 12.3 Å². The number of aliphatic carboxylic acids is 1. The Bertz CT molecular complexity index is 1200. The molecule has 0 saturated carbocycles. The van der Waals surface area contributed by atoms with Crippen molar-refractivity contribution >= 4 is 35.3 Å². The Kier molecular flexibility index (Phi) is 17.7. The van der Waals surface area contributed by atoms with Gasteiger partial charge in [0.05, 0.1) is 31.3 Å². The predicted molar refractivity (Wildman–Crippen MR) is 170 cm³/mol. The lowest BCUT2D eigenvalue weighted by atomic mass is 9.88. The van der Waals surface area contributed by atoms with Gasteiger partial charge >= 0.3 is 5.97 Å². The summed E-state index contributed by atoms with van der Waals surface area (Å²) in [5.41, 5.74) is 0.643. The number of halogens is 1. The molecule has 1 heterocycles. The van der Waals surface area contributed by atoms with Crippen molar-refractivity contribution in [2.75, 3.05) is 26.3 Å². The molecule has 15 heteroatoms. The average molecular weight is 684 g/mol. The number of rotatable bonds is 21. The molecule has 1 fully saturated rings. The summed E-state index contributed by atoms with van der Waals surface area (Å²) in [4.78, 5) is 48.7. The van der Waals surface area contributed by atoms with Crippen LogP contribution in [0.4, 0.5) is 0 Å². The third-order valence-electron chi connectivity index (χ3n) is 7.59. The molecular weight excluding hydrogens is 638 g/mol. The lowest BCUT2D eigenvalue weighted by molar-refractivity contribution is -0.310. The Balaban J connectivity index is 1.95. The topological polar surface area (TPSA) is 224 Å². The fraction of sp³-hybridized carbons (Fsp3) is 0.625. The summed E-state index contributed by atoms with van der Waals surface area (Å²) in [6.07, 6.45) is 2.45. The standard InChI is InChI=1S/C32H46ClN3O11/c1-2-3-4-8-15-34-25(40)10-7-5-6-9-16-46-32(31(44)45)18-23(38)28(36-27(42)20-37)30(47-32)29(43)24(39)19-35-26(41)17-21-11-13-22(33)14-12-21/h1,11-14,23-24,28-30,37-39,43H,3-10,15-20H2,(H,34,40)(H,35,41)(H,36,42)(H,44,45)/t23-,24+,28+,29+,30+,32+/m0/s1. The van der Waals surface area contributed by atoms with Crippen LogP contribution in [0.25, 0.3) is 0 Å². The zero-order chi connectivity index (χ0) is 34.8. The van der Waals surface area contributed by atoms with E-state index in [0.717, 1.165) is 12.8 Å². The highest BCUT2D eigenvalue weighted by Gasteiger charge is 2.55. The van der Waals surface area contributed by atoms with Crippen LogP contribution in [0.1, 0.15) is 63.4 Å². The molecule has 0 radical (unpaired) electrons. The summed E-state index contributed by atoms with van der Waals surface area (Å²) in [6.45, 7) is -0.993. The predicted octanol–water partition coefficient (Wildman–Crippen LogP) is 0.0151. The number of carbonyl (C=O) groups excluding carboxylic acids is 3. The maximum atomic E-state index is 12.4. The van der Waals surface area contributed by atoms with Crippen LogP contribution in [-0.2, 0) is 35.1 Å².